The average Bonchev–Trinajstić information content (AvgIpc) is 2.43. The number of anilines is 3. The molecule has 3 nitrogen and oxygen atoms in total. The normalized spacial score (nSPS) is 13.9. The maximum absolute atomic E-state index is 5.78. The number of hydrogen-bond acceptors (Lipinski definition) is 3. The highest BCUT2D eigenvalue weighted by molar-refractivity contribution is 5.61. The predicted octanol–water partition coefficient (Wildman–Crippen LogP) is 3.59. The van der Waals surface area contributed by atoms with Crippen LogP contribution in [0.1, 0.15) is 29.5 Å². The fraction of sp³-hybridized carbons (Fsp3) is 0.312. The van der Waals surface area contributed by atoms with Crippen LogP contribution in [0.2, 0.25) is 0 Å². The first-order chi connectivity index (χ1) is 9.22. The van der Waals surface area contributed by atoms with Crippen molar-refractivity contribution in [2.75, 3.05) is 11.1 Å². The minimum Gasteiger partial charge on any atom is -0.397 e. The summed E-state index contributed by atoms with van der Waals surface area (Å²) in [5.74, 6) is 0.849. The maximum Gasteiger partial charge on any atom is 0.130 e. The van der Waals surface area contributed by atoms with Crippen molar-refractivity contribution in [1.29, 1.82) is 0 Å². The number of fused-ring (bicyclic) bond motifs is 1. The molecule has 0 radical (unpaired) electrons. The van der Waals surface area contributed by atoms with E-state index in [1.54, 1.807) is 6.20 Å². The SMILES string of the molecule is Cc1cc(Nc2ccc3c(c2)CCCC3)ncc1N. The molecule has 0 amide bonds. The molecule has 1 aliphatic carbocycles. The Kier molecular flexibility index (Phi) is 3.11. The van der Waals surface area contributed by atoms with E-state index in [-0.39, 0.29) is 0 Å². The van der Waals surface area contributed by atoms with Crippen LogP contribution >= 0.6 is 0 Å². The maximum atomic E-state index is 5.78. The first-order valence-electron chi connectivity index (χ1n) is 6.83. The van der Waals surface area contributed by atoms with E-state index in [0.29, 0.717) is 0 Å². The third-order valence-corrected chi connectivity index (χ3v) is 3.77. The number of nitrogen functional groups attached to an aromatic ring is 1. The van der Waals surface area contributed by atoms with Gasteiger partial charge in [-0.15, -0.1) is 0 Å². The third-order valence-electron chi connectivity index (χ3n) is 3.77. The van der Waals surface area contributed by atoms with Crippen LogP contribution in [0.4, 0.5) is 17.2 Å². The highest BCUT2D eigenvalue weighted by atomic mass is 15.0. The summed E-state index contributed by atoms with van der Waals surface area (Å²) in [6.45, 7) is 2.00. The summed E-state index contributed by atoms with van der Waals surface area (Å²) in [5, 5.41) is 3.36. The first kappa shape index (κ1) is 12.0. The summed E-state index contributed by atoms with van der Waals surface area (Å²) in [6, 6.07) is 8.61. The topological polar surface area (TPSA) is 50.9 Å². The molecule has 3 heteroatoms. The number of nitrogens with one attached hydrogen (secondary N) is 1. The molecule has 0 fully saturated rings. The van der Waals surface area contributed by atoms with Crippen LogP contribution in [0.25, 0.3) is 0 Å². The van der Waals surface area contributed by atoms with Crippen LogP contribution in [0.15, 0.2) is 30.5 Å². The number of aromatic nitrogens is 1. The molecule has 19 heavy (non-hydrogen) atoms. The summed E-state index contributed by atoms with van der Waals surface area (Å²) in [4.78, 5) is 4.31. The summed E-state index contributed by atoms with van der Waals surface area (Å²) in [6.07, 6.45) is 6.73. The Morgan fingerprint density at radius 3 is 2.68 bits per heavy atom. The van der Waals surface area contributed by atoms with Crippen LogP contribution in [-0.2, 0) is 12.8 Å². The number of aryl methyl sites for hydroxylation is 3. The van der Waals surface area contributed by atoms with Gasteiger partial charge in [0.05, 0.1) is 11.9 Å². The quantitative estimate of drug-likeness (QED) is 0.859. The van der Waals surface area contributed by atoms with E-state index in [1.165, 1.54) is 36.8 Å². The Balaban J connectivity index is 1.84. The zero-order chi connectivity index (χ0) is 13.2. The molecule has 0 bridgehead atoms. The van der Waals surface area contributed by atoms with E-state index in [4.69, 9.17) is 5.73 Å². The molecule has 1 aromatic heterocycles. The molecule has 2 aromatic rings. The van der Waals surface area contributed by atoms with Gasteiger partial charge in [0.1, 0.15) is 5.82 Å². The Labute approximate surface area is 113 Å². The number of hydrogen-bond donors (Lipinski definition) is 2. The summed E-state index contributed by atoms with van der Waals surface area (Å²) >= 11 is 0. The van der Waals surface area contributed by atoms with Crippen LogP contribution in [0.5, 0.6) is 0 Å². The molecule has 3 N–H and O–H groups in total. The molecule has 0 saturated heterocycles. The highest BCUT2D eigenvalue weighted by Crippen LogP contribution is 2.26. The smallest absolute Gasteiger partial charge is 0.130 e. The first-order valence-corrected chi connectivity index (χ1v) is 6.83. The Morgan fingerprint density at radius 2 is 1.89 bits per heavy atom. The fourth-order valence-electron chi connectivity index (χ4n) is 2.59. The molecule has 1 heterocycles. The van der Waals surface area contributed by atoms with Gasteiger partial charge in [0.2, 0.25) is 0 Å². The number of nitrogens with zero attached hydrogens (tertiary/aromatic N) is 1. The molecule has 0 saturated carbocycles. The van der Waals surface area contributed by atoms with E-state index >= 15 is 0 Å². The van der Waals surface area contributed by atoms with Crippen molar-refractivity contribution in [1.82, 2.24) is 4.98 Å². The van der Waals surface area contributed by atoms with Gasteiger partial charge >= 0.3 is 0 Å². The molecule has 98 valence electrons. The monoisotopic (exact) mass is 253 g/mol. The van der Waals surface area contributed by atoms with Crippen molar-refractivity contribution in [2.45, 2.75) is 32.6 Å². The Bertz CT molecular complexity index is 605. The molecule has 0 unspecified atom stereocenters. The van der Waals surface area contributed by atoms with Crippen molar-refractivity contribution >= 4 is 17.2 Å². The summed E-state index contributed by atoms with van der Waals surface area (Å²) in [5.41, 5.74) is 11.6. The second-order valence-electron chi connectivity index (χ2n) is 5.24. The van der Waals surface area contributed by atoms with Gasteiger partial charge in [-0.05, 0) is 67.5 Å². The lowest BCUT2D eigenvalue weighted by Gasteiger charge is -2.17. The Hall–Kier alpha value is -2.03. The Morgan fingerprint density at radius 1 is 1.11 bits per heavy atom. The van der Waals surface area contributed by atoms with Gasteiger partial charge in [0.15, 0.2) is 0 Å². The molecule has 3 rings (SSSR count). The van der Waals surface area contributed by atoms with Gasteiger partial charge in [-0.3, -0.25) is 0 Å². The second-order valence-corrected chi connectivity index (χ2v) is 5.24. The van der Waals surface area contributed by atoms with Gasteiger partial charge < -0.3 is 11.1 Å². The predicted molar refractivity (Wildman–Crippen MR) is 79.8 cm³/mol. The number of rotatable bonds is 2. The van der Waals surface area contributed by atoms with Gasteiger partial charge in [-0.1, -0.05) is 6.07 Å². The van der Waals surface area contributed by atoms with Gasteiger partial charge in [-0.2, -0.15) is 0 Å². The summed E-state index contributed by atoms with van der Waals surface area (Å²) < 4.78 is 0. The van der Waals surface area contributed by atoms with Crippen molar-refractivity contribution in [3.05, 3.63) is 47.2 Å². The van der Waals surface area contributed by atoms with Crippen LogP contribution in [0.3, 0.4) is 0 Å². The van der Waals surface area contributed by atoms with Crippen molar-refractivity contribution in [3.63, 3.8) is 0 Å². The third kappa shape index (κ3) is 2.55. The van der Waals surface area contributed by atoms with E-state index < -0.39 is 0 Å². The number of nitrogens with two attached hydrogens (primary N) is 1. The molecule has 0 aliphatic heterocycles. The van der Waals surface area contributed by atoms with Crippen LogP contribution < -0.4 is 11.1 Å². The lowest BCUT2D eigenvalue weighted by Crippen LogP contribution is -2.03. The van der Waals surface area contributed by atoms with E-state index in [0.717, 1.165) is 22.8 Å². The van der Waals surface area contributed by atoms with Crippen molar-refractivity contribution in [3.8, 4) is 0 Å². The van der Waals surface area contributed by atoms with E-state index in [1.807, 2.05) is 13.0 Å². The van der Waals surface area contributed by atoms with Gasteiger partial charge in [-0.25, -0.2) is 4.98 Å². The van der Waals surface area contributed by atoms with Crippen LogP contribution in [-0.4, -0.2) is 4.98 Å². The molecule has 1 aliphatic rings. The van der Waals surface area contributed by atoms with Gasteiger partial charge in [0.25, 0.3) is 0 Å². The average molecular weight is 253 g/mol. The zero-order valence-corrected chi connectivity index (χ0v) is 11.2. The summed E-state index contributed by atoms with van der Waals surface area (Å²) in [7, 11) is 0. The largest absolute Gasteiger partial charge is 0.397 e. The number of benzene rings is 1. The fourth-order valence-corrected chi connectivity index (χ4v) is 2.59. The van der Waals surface area contributed by atoms with Crippen molar-refractivity contribution in [2.24, 2.45) is 0 Å². The van der Waals surface area contributed by atoms with E-state index in [2.05, 4.69) is 28.5 Å². The molecular formula is C16H19N3. The minimum absolute atomic E-state index is 0.732. The van der Waals surface area contributed by atoms with Gasteiger partial charge in [0, 0.05) is 5.69 Å². The van der Waals surface area contributed by atoms with Crippen molar-refractivity contribution < 1.29 is 0 Å². The molecule has 0 atom stereocenters. The molecule has 1 aromatic carbocycles. The van der Waals surface area contributed by atoms with Crippen LogP contribution in [0, 0.1) is 6.92 Å². The zero-order valence-electron chi connectivity index (χ0n) is 11.2. The molecule has 0 spiro atoms. The van der Waals surface area contributed by atoms with E-state index in [9.17, 15) is 0 Å². The minimum atomic E-state index is 0.732. The molecular weight excluding hydrogens is 234 g/mol. The second kappa shape index (κ2) is 4.92. The standard InChI is InChI=1S/C16H19N3/c1-11-8-16(18-10-15(11)17)19-14-7-6-12-4-2-3-5-13(12)9-14/h6-10H,2-5,17H2,1H3,(H,18,19). The number of pyridine rings is 1. The lowest BCUT2D eigenvalue weighted by atomic mass is 9.91. The lowest BCUT2D eigenvalue weighted by molar-refractivity contribution is 0.686. The highest BCUT2D eigenvalue weighted by Gasteiger charge is 2.09.